The zero-order valence-electron chi connectivity index (χ0n) is 10.2. The number of nitrogens with two attached hydrogens (primary N) is 1. The first-order valence-electron chi connectivity index (χ1n) is 5.71. The van der Waals surface area contributed by atoms with Gasteiger partial charge in [-0.1, -0.05) is 24.3 Å². The van der Waals surface area contributed by atoms with Crippen molar-refractivity contribution in [3.05, 3.63) is 59.4 Å². The summed E-state index contributed by atoms with van der Waals surface area (Å²) in [4.78, 5) is 15.8. The van der Waals surface area contributed by atoms with Gasteiger partial charge in [0, 0.05) is 18.4 Å². The van der Waals surface area contributed by atoms with E-state index in [-0.39, 0.29) is 5.91 Å². The van der Waals surface area contributed by atoms with Gasteiger partial charge < -0.3 is 11.1 Å². The Morgan fingerprint density at radius 1 is 1.33 bits per heavy atom. The van der Waals surface area contributed by atoms with Gasteiger partial charge in [0.15, 0.2) is 0 Å². The van der Waals surface area contributed by atoms with E-state index in [4.69, 9.17) is 5.73 Å². The van der Waals surface area contributed by atoms with E-state index >= 15 is 0 Å². The molecule has 1 heterocycles. The molecule has 0 radical (unpaired) electrons. The number of rotatable bonds is 3. The van der Waals surface area contributed by atoms with Gasteiger partial charge in [-0.15, -0.1) is 0 Å². The molecule has 4 heteroatoms. The summed E-state index contributed by atoms with van der Waals surface area (Å²) < 4.78 is 0. The number of carbonyl (C=O) groups excluding carboxylic acids is 1. The second-order valence-electron chi connectivity index (χ2n) is 4.08. The maximum Gasteiger partial charge on any atom is 0.270 e. The number of aromatic nitrogens is 1. The molecule has 1 aromatic carbocycles. The zero-order chi connectivity index (χ0) is 13.0. The standard InChI is InChI=1S/C14H15N3O/c1-10-4-2-3-5-11(10)9-17-14(18)13-8-12(15)6-7-16-13/h2-8H,9H2,1H3,(H2,15,16)(H,17,18). The Bertz CT molecular complexity index is 566. The Labute approximate surface area is 106 Å². The van der Waals surface area contributed by atoms with Crippen molar-refractivity contribution in [2.75, 3.05) is 5.73 Å². The molecule has 0 saturated carbocycles. The molecular weight excluding hydrogens is 226 g/mol. The summed E-state index contributed by atoms with van der Waals surface area (Å²) in [7, 11) is 0. The van der Waals surface area contributed by atoms with Crippen LogP contribution in [0.15, 0.2) is 42.6 Å². The number of pyridine rings is 1. The molecule has 1 amide bonds. The maximum atomic E-state index is 11.9. The molecule has 0 aliphatic carbocycles. The molecule has 0 aliphatic heterocycles. The fourth-order valence-corrected chi connectivity index (χ4v) is 1.65. The Hall–Kier alpha value is -2.36. The Kier molecular flexibility index (Phi) is 3.57. The number of amides is 1. The number of nitrogens with zero attached hydrogens (tertiary/aromatic N) is 1. The lowest BCUT2D eigenvalue weighted by Crippen LogP contribution is -2.24. The van der Waals surface area contributed by atoms with Crippen LogP contribution >= 0.6 is 0 Å². The number of carbonyl (C=O) groups is 1. The molecule has 0 aliphatic rings. The largest absolute Gasteiger partial charge is 0.399 e. The lowest BCUT2D eigenvalue weighted by molar-refractivity contribution is 0.0946. The number of nitrogens with one attached hydrogen (secondary N) is 1. The highest BCUT2D eigenvalue weighted by molar-refractivity contribution is 5.92. The van der Waals surface area contributed by atoms with Crippen LogP contribution in [0, 0.1) is 6.92 Å². The number of nitrogen functional groups attached to an aromatic ring is 1. The van der Waals surface area contributed by atoms with Gasteiger partial charge in [-0.3, -0.25) is 9.78 Å². The number of anilines is 1. The zero-order valence-corrected chi connectivity index (χ0v) is 10.2. The third-order valence-corrected chi connectivity index (χ3v) is 2.72. The highest BCUT2D eigenvalue weighted by Gasteiger charge is 2.07. The summed E-state index contributed by atoms with van der Waals surface area (Å²) in [5.41, 5.74) is 8.72. The van der Waals surface area contributed by atoms with Crippen LogP contribution in [-0.2, 0) is 6.54 Å². The van der Waals surface area contributed by atoms with Gasteiger partial charge in [-0.2, -0.15) is 0 Å². The van der Waals surface area contributed by atoms with Gasteiger partial charge >= 0.3 is 0 Å². The molecule has 0 fully saturated rings. The quantitative estimate of drug-likeness (QED) is 0.862. The highest BCUT2D eigenvalue weighted by atomic mass is 16.1. The second kappa shape index (κ2) is 5.31. The Balaban J connectivity index is 2.03. The van der Waals surface area contributed by atoms with Crippen molar-refractivity contribution in [2.45, 2.75) is 13.5 Å². The van der Waals surface area contributed by atoms with Crippen LogP contribution in [0.1, 0.15) is 21.6 Å². The average molecular weight is 241 g/mol. The van der Waals surface area contributed by atoms with Crippen LogP contribution in [-0.4, -0.2) is 10.9 Å². The van der Waals surface area contributed by atoms with Crippen LogP contribution in [0.2, 0.25) is 0 Å². The first-order valence-corrected chi connectivity index (χ1v) is 5.71. The van der Waals surface area contributed by atoms with Crippen molar-refractivity contribution < 1.29 is 4.79 Å². The van der Waals surface area contributed by atoms with Gasteiger partial charge in [-0.25, -0.2) is 0 Å². The predicted molar refractivity (Wildman–Crippen MR) is 71.0 cm³/mol. The van der Waals surface area contributed by atoms with Gasteiger partial charge in [0.1, 0.15) is 5.69 Å². The molecule has 0 bridgehead atoms. The summed E-state index contributed by atoms with van der Waals surface area (Å²) in [6.07, 6.45) is 1.53. The minimum Gasteiger partial charge on any atom is -0.399 e. The Morgan fingerprint density at radius 2 is 2.11 bits per heavy atom. The third-order valence-electron chi connectivity index (χ3n) is 2.72. The first kappa shape index (κ1) is 12.1. The maximum absolute atomic E-state index is 11.9. The number of hydrogen-bond donors (Lipinski definition) is 2. The minimum absolute atomic E-state index is 0.217. The SMILES string of the molecule is Cc1ccccc1CNC(=O)c1cc(N)ccn1. The van der Waals surface area contributed by atoms with Crippen LogP contribution < -0.4 is 11.1 Å². The van der Waals surface area contributed by atoms with Gasteiger partial charge in [0.2, 0.25) is 0 Å². The monoisotopic (exact) mass is 241 g/mol. The average Bonchev–Trinajstić information content (AvgIpc) is 2.37. The van der Waals surface area contributed by atoms with Crippen LogP contribution in [0.4, 0.5) is 5.69 Å². The molecule has 2 aromatic rings. The lowest BCUT2D eigenvalue weighted by Gasteiger charge is -2.07. The van der Waals surface area contributed by atoms with Crippen molar-refractivity contribution in [1.82, 2.24) is 10.3 Å². The number of aryl methyl sites for hydroxylation is 1. The highest BCUT2D eigenvalue weighted by Crippen LogP contribution is 2.07. The molecule has 3 N–H and O–H groups in total. The van der Waals surface area contributed by atoms with E-state index in [0.29, 0.717) is 17.9 Å². The molecule has 18 heavy (non-hydrogen) atoms. The smallest absolute Gasteiger partial charge is 0.270 e. The van der Waals surface area contributed by atoms with Gasteiger partial charge in [-0.05, 0) is 30.2 Å². The molecule has 0 atom stereocenters. The van der Waals surface area contributed by atoms with Crippen LogP contribution in [0.25, 0.3) is 0 Å². The normalized spacial score (nSPS) is 10.1. The van der Waals surface area contributed by atoms with E-state index in [9.17, 15) is 4.79 Å². The fraction of sp³-hybridized carbons (Fsp3) is 0.143. The van der Waals surface area contributed by atoms with E-state index in [2.05, 4.69) is 10.3 Å². The molecule has 0 saturated heterocycles. The summed E-state index contributed by atoms with van der Waals surface area (Å²) in [6.45, 7) is 2.50. The predicted octanol–water partition coefficient (Wildman–Crippen LogP) is 1.90. The fourth-order valence-electron chi connectivity index (χ4n) is 1.65. The van der Waals surface area contributed by atoms with Gasteiger partial charge in [0.25, 0.3) is 5.91 Å². The lowest BCUT2D eigenvalue weighted by atomic mass is 10.1. The van der Waals surface area contributed by atoms with Crippen LogP contribution in [0.5, 0.6) is 0 Å². The van der Waals surface area contributed by atoms with E-state index in [0.717, 1.165) is 11.1 Å². The molecule has 92 valence electrons. The van der Waals surface area contributed by atoms with E-state index in [1.165, 1.54) is 6.20 Å². The summed E-state index contributed by atoms with van der Waals surface area (Å²) in [6, 6.07) is 11.1. The van der Waals surface area contributed by atoms with Gasteiger partial charge in [0.05, 0.1) is 0 Å². The molecule has 2 rings (SSSR count). The van der Waals surface area contributed by atoms with E-state index in [1.807, 2.05) is 31.2 Å². The van der Waals surface area contributed by atoms with Crippen molar-refractivity contribution >= 4 is 11.6 Å². The van der Waals surface area contributed by atoms with Crippen molar-refractivity contribution in [3.63, 3.8) is 0 Å². The molecule has 4 nitrogen and oxygen atoms in total. The van der Waals surface area contributed by atoms with Crippen molar-refractivity contribution in [1.29, 1.82) is 0 Å². The van der Waals surface area contributed by atoms with E-state index < -0.39 is 0 Å². The first-order chi connectivity index (χ1) is 8.66. The number of hydrogen-bond acceptors (Lipinski definition) is 3. The summed E-state index contributed by atoms with van der Waals surface area (Å²) in [5, 5.41) is 2.83. The molecule has 1 aromatic heterocycles. The third kappa shape index (κ3) is 2.85. The topological polar surface area (TPSA) is 68.0 Å². The summed E-state index contributed by atoms with van der Waals surface area (Å²) in [5.74, 6) is -0.217. The molecular formula is C14H15N3O. The summed E-state index contributed by atoms with van der Waals surface area (Å²) >= 11 is 0. The van der Waals surface area contributed by atoms with E-state index in [1.54, 1.807) is 12.1 Å². The minimum atomic E-state index is -0.217. The molecule has 0 unspecified atom stereocenters. The molecule has 0 spiro atoms. The van der Waals surface area contributed by atoms with Crippen LogP contribution in [0.3, 0.4) is 0 Å². The second-order valence-corrected chi connectivity index (χ2v) is 4.08. The van der Waals surface area contributed by atoms with Crippen molar-refractivity contribution in [2.24, 2.45) is 0 Å². The Morgan fingerprint density at radius 3 is 2.83 bits per heavy atom. The number of benzene rings is 1. The van der Waals surface area contributed by atoms with Crippen molar-refractivity contribution in [3.8, 4) is 0 Å².